The van der Waals surface area contributed by atoms with E-state index in [0.29, 0.717) is 11.1 Å². The molecule has 0 fully saturated rings. The Kier molecular flexibility index (Phi) is 5.14. The predicted molar refractivity (Wildman–Crippen MR) is 103 cm³/mol. The normalized spacial score (nSPS) is 10.4. The second-order valence-electron chi connectivity index (χ2n) is 5.90. The van der Waals surface area contributed by atoms with Gasteiger partial charge in [-0.15, -0.1) is 0 Å². The fourth-order valence-electron chi connectivity index (χ4n) is 2.56. The minimum Gasteiger partial charge on any atom is -0.477 e. The number of aromatic carboxylic acids is 1. The van der Waals surface area contributed by atoms with Crippen molar-refractivity contribution in [1.29, 1.82) is 0 Å². The second-order valence-corrected chi connectivity index (χ2v) is 6.87. The van der Waals surface area contributed by atoms with Crippen molar-refractivity contribution < 1.29 is 19.5 Å². The number of aryl methyl sites for hydroxylation is 2. The Morgan fingerprint density at radius 1 is 0.926 bits per heavy atom. The van der Waals surface area contributed by atoms with Crippen LogP contribution in [0.4, 0.5) is 5.13 Å². The number of nitrogens with zero attached hydrogens (tertiary/aromatic N) is 2. The summed E-state index contributed by atoms with van der Waals surface area (Å²) in [7, 11) is 0. The van der Waals surface area contributed by atoms with Gasteiger partial charge < -0.3 is 5.11 Å². The molecule has 27 heavy (non-hydrogen) atoms. The van der Waals surface area contributed by atoms with Gasteiger partial charge in [0.25, 0.3) is 11.8 Å². The molecule has 0 aliphatic carbocycles. The van der Waals surface area contributed by atoms with Crippen LogP contribution >= 0.6 is 11.3 Å². The lowest BCUT2D eigenvalue weighted by atomic mass is 10.1. The van der Waals surface area contributed by atoms with Crippen LogP contribution in [0, 0.1) is 13.8 Å². The van der Waals surface area contributed by atoms with Crippen molar-refractivity contribution in [2.75, 3.05) is 4.90 Å². The van der Waals surface area contributed by atoms with Crippen molar-refractivity contribution in [3.05, 3.63) is 81.9 Å². The van der Waals surface area contributed by atoms with Crippen LogP contribution in [0.5, 0.6) is 0 Å². The first-order valence-electron chi connectivity index (χ1n) is 8.09. The van der Waals surface area contributed by atoms with Crippen LogP contribution in [-0.2, 0) is 0 Å². The highest BCUT2D eigenvalue weighted by Crippen LogP contribution is 2.29. The lowest BCUT2D eigenvalue weighted by molar-refractivity contribution is 0.0700. The van der Waals surface area contributed by atoms with Crippen molar-refractivity contribution >= 4 is 34.3 Å². The summed E-state index contributed by atoms with van der Waals surface area (Å²) >= 11 is 0.800. The zero-order valence-corrected chi connectivity index (χ0v) is 15.5. The molecule has 3 aromatic rings. The number of hydrogen-bond donors (Lipinski definition) is 1. The molecule has 0 aliphatic rings. The molecule has 2 amide bonds. The first kappa shape index (κ1) is 18.5. The summed E-state index contributed by atoms with van der Waals surface area (Å²) in [5.74, 6) is -2.27. The third-order valence-electron chi connectivity index (χ3n) is 3.86. The maximum Gasteiger partial charge on any atom is 0.347 e. The van der Waals surface area contributed by atoms with Gasteiger partial charge in [0.15, 0.2) is 0 Å². The van der Waals surface area contributed by atoms with Crippen molar-refractivity contribution in [3.63, 3.8) is 0 Å². The Labute approximate surface area is 159 Å². The molecule has 0 saturated heterocycles. The van der Waals surface area contributed by atoms with Gasteiger partial charge in [-0.2, -0.15) is 0 Å². The van der Waals surface area contributed by atoms with Gasteiger partial charge in [0.1, 0.15) is 4.88 Å². The zero-order valence-electron chi connectivity index (χ0n) is 14.7. The second kappa shape index (κ2) is 7.51. The summed E-state index contributed by atoms with van der Waals surface area (Å²) in [4.78, 5) is 42.7. The summed E-state index contributed by atoms with van der Waals surface area (Å²) in [6.45, 7) is 3.38. The van der Waals surface area contributed by atoms with Crippen LogP contribution in [0.15, 0.2) is 54.6 Å². The highest BCUT2D eigenvalue weighted by Gasteiger charge is 2.30. The van der Waals surface area contributed by atoms with Gasteiger partial charge in [-0.3, -0.25) is 9.59 Å². The van der Waals surface area contributed by atoms with E-state index in [4.69, 9.17) is 0 Å². The lowest BCUT2D eigenvalue weighted by Gasteiger charge is -2.18. The van der Waals surface area contributed by atoms with Gasteiger partial charge in [0.05, 0.1) is 5.69 Å². The number of hydrogen-bond acceptors (Lipinski definition) is 5. The lowest BCUT2D eigenvalue weighted by Crippen LogP contribution is -2.37. The minimum atomic E-state index is -1.15. The highest BCUT2D eigenvalue weighted by atomic mass is 32.1. The maximum atomic E-state index is 13.1. The number of imide groups is 1. The average Bonchev–Trinajstić information content (AvgIpc) is 3.04. The van der Waals surface area contributed by atoms with E-state index in [9.17, 15) is 19.5 Å². The SMILES string of the molecule is Cc1cccc(C(=O)N(C(=O)c2ccccc2)c2nc(C)c(C(=O)O)s2)c1. The van der Waals surface area contributed by atoms with Crippen LogP contribution in [0.1, 0.15) is 41.6 Å². The largest absolute Gasteiger partial charge is 0.477 e. The van der Waals surface area contributed by atoms with E-state index in [1.807, 2.05) is 13.0 Å². The molecule has 1 heterocycles. The number of amides is 2. The molecule has 0 spiro atoms. The number of carbonyl (C=O) groups excluding carboxylic acids is 2. The van der Waals surface area contributed by atoms with E-state index in [-0.39, 0.29) is 15.7 Å². The van der Waals surface area contributed by atoms with Gasteiger partial charge in [-0.1, -0.05) is 47.2 Å². The van der Waals surface area contributed by atoms with Gasteiger partial charge >= 0.3 is 5.97 Å². The van der Waals surface area contributed by atoms with Gasteiger partial charge in [0, 0.05) is 11.1 Å². The van der Waals surface area contributed by atoms with Crippen LogP contribution in [0.2, 0.25) is 0 Å². The molecule has 1 N–H and O–H groups in total. The molecule has 136 valence electrons. The Balaban J connectivity index is 2.12. The number of carbonyl (C=O) groups is 3. The molecule has 0 unspecified atom stereocenters. The molecule has 1 aromatic heterocycles. The Morgan fingerprint density at radius 3 is 2.15 bits per heavy atom. The van der Waals surface area contributed by atoms with E-state index in [0.717, 1.165) is 21.8 Å². The number of anilines is 1. The van der Waals surface area contributed by atoms with Crippen molar-refractivity contribution in [2.24, 2.45) is 0 Å². The predicted octanol–water partition coefficient (Wildman–Crippen LogP) is 3.95. The van der Waals surface area contributed by atoms with Gasteiger partial charge in [-0.25, -0.2) is 14.7 Å². The smallest absolute Gasteiger partial charge is 0.347 e. The fraction of sp³-hybridized carbons (Fsp3) is 0.100. The monoisotopic (exact) mass is 380 g/mol. The summed E-state index contributed by atoms with van der Waals surface area (Å²) in [6.07, 6.45) is 0. The molecule has 0 aliphatic heterocycles. The number of rotatable bonds is 4. The van der Waals surface area contributed by atoms with Crippen LogP contribution < -0.4 is 4.90 Å². The molecule has 3 rings (SSSR count). The summed E-state index contributed by atoms with van der Waals surface area (Å²) in [6, 6.07) is 15.2. The van der Waals surface area contributed by atoms with Crippen molar-refractivity contribution in [2.45, 2.75) is 13.8 Å². The van der Waals surface area contributed by atoms with E-state index < -0.39 is 17.8 Å². The summed E-state index contributed by atoms with van der Waals surface area (Å²) < 4.78 is 0. The van der Waals surface area contributed by atoms with Crippen LogP contribution in [0.3, 0.4) is 0 Å². The van der Waals surface area contributed by atoms with E-state index in [1.165, 1.54) is 6.92 Å². The highest BCUT2D eigenvalue weighted by molar-refractivity contribution is 7.18. The van der Waals surface area contributed by atoms with Crippen LogP contribution in [0.25, 0.3) is 0 Å². The number of carboxylic acid groups (broad SMARTS) is 1. The maximum absolute atomic E-state index is 13.1. The quantitative estimate of drug-likeness (QED) is 0.693. The van der Waals surface area contributed by atoms with Gasteiger partial charge in [-0.05, 0) is 38.1 Å². The third kappa shape index (κ3) is 3.78. The number of carboxylic acids is 1. The Morgan fingerprint density at radius 2 is 1.56 bits per heavy atom. The van der Waals surface area contributed by atoms with E-state index in [2.05, 4.69) is 4.98 Å². The van der Waals surface area contributed by atoms with Gasteiger partial charge in [0.2, 0.25) is 5.13 Å². The average molecular weight is 380 g/mol. The molecule has 2 aromatic carbocycles. The molecule has 0 saturated carbocycles. The third-order valence-corrected chi connectivity index (χ3v) is 4.99. The molecule has 0 atom stereocenters. The molecule has 7 heteroatoms. The molecular weight excluding hydrogens is 364 g/mol. The summed E-state index contributed by atoms with van der Waals surface area (Å²) in [5, 5.41) is 9.32. The van der Waals surface area contributed by atoms with E-state index in [1.54, 1.807) is 48.5 Å². The number of benzene rings is 2. The van der Waals surface area contributed by atoms with Crippen molar-refractivity contribution in [3.8, 4) is 0 Å². The first-order chi connectivity index (χ1) is 12.9. The molecule has 0 radical (unpaired) electrons. The minimum absolute atomic E-state index is 0.00657. The first-order valence-corrected chi connectivity index (χ1v) is 8.91. The zero-order chi connectivity index (χ0) is 19.6. The molecular formula is C20H16N2O4S. The molecule has 6 nitrogen and oxygen atoms in total. The Hall–Kier alpha value is -3.32. The number of aromatic nitrogens is 1. The topological polar surface area (TPSA) is 87.6 Å². The van der Waals surface area contributed by atoms with E-state index >= 15 is 0 Å². The van der Waals surface area contributed by atoms with Crippen molar-refractivity contribution in [1.82, 2.24) is 4.98 Å². The van der Waals surface area contributed by atoms with Crippen LogP contribution in [-0.4, -0.2) is 27.9 Å². The number of thiazole rings is 1. The Bertz CT molecular complexity index is 1030. The standard InChI is InChI=1S/C20H16N2O4S/c1-12-7-6-10-15(11-12)18(24)22(17(23)14-8-4-3-5-9-14)20-21-13(2)16(27-20)19(25)26/h3-11H,1-2H3,(H,25,26). The fourth-order valence-corrected chi connectivity index (χ4v) is 3.46. The molecule has 0 bridgehead atoms. The summed E-state index contributed by atoms with van der Waals surface area (Å²) in [5.41, 5.74) is 1.76.